The van der Waals surface area contributed by atoms with E-state index in [9.17, 15) is 14.4 Å². The van der Waals surface area contributed by atoms with Crippen LogP contribution in [-0.2, 0) is 14.4 Å². The second-order valence-electron chi connectivity index (χ2n) is 5.13. The topological polar surface area (TPSA) is 95.5 Å². The lowest BCUT2D eigenvalue weighted by molar-refractivity contribution is -0.144. The Balaban J connectivity index is 4.85. The fraction of sp³-hybridized carbons (Fsp3) is 0.769. The number of carbonyl (C=O) groups is 3. The van der Waals surface area contributed by atoms with Crippen LogP contribution in [-0.4, -0.2) is 35.0 Å². The van der Waals surface area contributed by atoms with E-state index in [4.69, 9.17) is 5.11 Å². The summed E-state index contributed by atoms with van der Waals surface area (Å²) in [6.45, 7) is 8.53. The van der Waals surface area contributed by atoms with Crippen molar-refractivity contribution in [2.45, 2.75) is 53.1 Å². The van der Waals surface area contributed by atoms with E-state index in [-0.39, 0.29) is 17.7 Å². The molecule has 6 nitrogen and oxygen atoms in total. The maximum atomic E-state index is 12.1. The van der Waals surface area contributed by atoms with E-state index in [1.807, 2.05) is 6.92 Å². The lowest BCUT2D eigenvalue weighted by Gasteiger charge is -2.25. The molecule has 0 aliphatic carbocycles. The fourth-order valence-electron chi connectivity index (χ4n) is 1.68. The molecule has 3 N–H and O–H groups in total. The van der Waals surface area contributed by atoms with Crippen LogP contribution in [0, 0.1) is 11.8 Å². The summed E-state index contributed by atoms with van der Waals surface area (Å²) in [6.07, 6.45) is 0.643. The quantitative estimate of drug-likeness (QED) is 0.637. The zero-order chi connectivity index (χ0) is 15.2. The highest BCUT2D eigenvalue weighted by Crippen LogP contribution is 2.10. The van der Waals surface area contributed by atoms with Crippen molar-refractivity contribution in [2.24, 2.45) is 11.8 Å². The highest BCUT2D eigenvalue weighted by Gasteiger charge is 2.30. The Bertz CT molecular complexity index is 342. The normalized spacial score (nSPS) is 15.5. The average Bonchev–Trinajstić information content (AvgIpc) is 2.30. The predicted molar refractivity (Wildman–Crippen MR) is 71.5 cm³/mol. The highest BCUT2D eigenvalue weighted by molar-refractivity contribution is 5.90. The number of carbonyl (C=O) groups excluding carboxylic acids is 2. The van der Waals surface area contributed by atoms with Gasteiger partial charge in [0.15, 0.2) is 0 Å². The number of rotatable bonds is 7. The molecule has 0 aromatic heterocycles. The third-order valence-electron chi connectivity index (χ3n) is 3.08. The van der Waals surface area contributed by atoms with Gasteiger partial charge in [-0.2, -0.15) is 0 Å². The SMILES string of the molecule is CCC(C)[C@H](NC(=O)C(NC(C)=O)C(C)C)C(=O)O. The molecule has 0 fully saturated rings. The minimum atomic E-state index is -1.06. The number of nitrogens with one attached hydrogen (secondary N) is 2. The monoisotopic (exact) mass is 272 g/mol. The average molecular weight is 272 g/mol. The molecule has 110 valence electrons. The van der Waals surface area contributed by atoms with Crippen LogP contribution in [0.4, 0.5) is 0 Å². The first kappa shape index (κ1) is 17.4. The van der Waals surface area contributed by atoms with E-state index in [1.165, 1.54) is 6.92 Å². The van der Waals surface area contributed by atoms with E-state index in [0.29, 0.717) is 6.42 Å². The van der Waals surface area contributed by atoms with Gasteiger partial charge in [0.1, 0.15) is 12.1 Å². The molecule has 2 amide bonds. The first-order chi connectivity index (χ1) is 8.70. The first-order valence-corrected chi connectivity index (χ1v) is 6.50. The largest absolute Gasteiger partial charge is 0.480 e. The van der Waals surface area contributed by atoms with Crippen molar-refractivity contribution < 1.29 is 19.5 Å². The molecular formula is C13H24N2O4. The summed E-state index contributed by atoms with van der Waals surface area (Å²) < 4.78 is 0. The second kappa shape index (κ2) is 7.76. The molecule has 0 aliphatic heterocycles. The smallest absolute Gasteiger partial charge is 0.326 e. The molecule has 0 aromatic rings. The standard InChI is InChI=1S/C13H24N2O4/c1-6-8(4)11(13(18)19)15-12(17)10(7(2)3)14-9(5)16/h7-8,10-11H,6H2,1-5H3,(H,14,16)(H,15,17)(H,18,19)/t8?,10?,11-/m0/s1. The van der Waals surface area contributed by atoms with Crippen LogP contribution < -0.4 is 10.6 Å². The molecule has 2 unspecified atom stereocenters. The van der Waals surface area contributed by atoms with Gasteiger partial charge in [-0.3, -0.25) is 9.59 Å². The summed E-state index contributed by atoms with van der Waals surface area (Å²) in [5.41, 5.74) is 0. The lowest BCUT2D eigenvalue weighted by Crippen LogP contribution is -2.54. The number of hydrogen-bond acceptors (Lipinski definition) is 3. The minimum Gasteiger partial charge on any atom is -0.480 e. The number of aliphatic carboxylic acids is 1. The van der Waals surface area contributed by atoms with Crippen molar-refractivity contribution in [1.29, 1.82) is 0 Å². The van der Waals surface area contributed by atoms with Crippen LogP contribution in [0.5, 0.6) is 0 Å². The Labute approximate surface area is 113 Å². The maximum absolute atomic E-state index is 12.1. The molecular weight excluding hydrogens is 248 g/mol. The molecule has 0 aliphatic rings. The van der Waals surface area contributed by atoms with Crippen molar-refractivity contribution in [3.05, 3.63) is 0 Å². The van der Waals surface area contributed by atoms with Gasteiger partial charge < -0.3 is 15.7 Å². The van der Waals surface area contributed by atoms with E-state index < -0.39 is 24.0 Å². The van der Waals surface area contributed by atoms with Crippen molar-refractivity contribution in [3.8, 4) is 0 Å². The molecule has 0 rings (SSSR count). The Morgan fingerprint density at radius 3 is 1.89 bits per heavy atom. The third-order valence-corrected chi connectivity index (χ3v) is 3.08. The summed E-state index contributed by atoms with van der Waals surface area (Å²) in [7, 11) is 0. The predicted octanol–water partition coefficient (Wildman–Crippen LogP) is 0.763. The van der Waals surface area contributed by atoms with Gasteiger partial charge in [-0.15, -0.1) is 0 Å². The Morgan fingerprint density at radius 2 is 1.58 bits per heavy atom. The fourth-order valence-corrected chi connectivity index (χ4v) is 1.68. The molecule has 19 heavy (non-hydrogen) atoms. The van der Waals surface area contributed by atoms with Crippen LogP contribution in [0.2, 0.25) is 0 Å². The molecule has 0 radical (unpaired) electrons. The van der Waals surface area contributed by atoms with Crippen molar-refractivity contribution in [3.63, 3.8) is 0 Å². The van der Waals surface area contributed by atoms with E-state index in [0.717, 1.165) is 0 Å². The van der Waals surface area contributed by atoms with Crippen molar-refractivity contribution in [1.82, 2.24) is 10.6 Å². The highest BCUT2D eigenvalue weighted by atomic mass is 16.4. The first-order valence-electron chi connectivity index (χ1n) is 6.50. The number of carboxylic acids is 1. The van der Waals surface area contributed by atoms with E-state index in [1.54, 1.807) is 20.8 Å². The van der Waals surface area contributed by atoms with Crippen LogP contribution in [0.3, 0.4) is 0 Å². The zero-order valence-electron chi connectivity index (χ0n) is 12.2. The maximum Gasteiger partial charge on any atom is 0.326 e. The molecule has 0 bridgehead atoms. The van der Waals surface area contributed by atoms with Gasteiger partial charge in [-0.25, -0.2) is 4.79 Å². The molecule has 0 heterocycles. The summed E-state index contributed by atoms with van der Waals surface area (Å²) in [6, 6.07) is -1.66. The zero-order valence-corrected chi connectivity index (χ0v) is 12.2. The van der Waals surface area contributed by atoms with Crippen molar-refractivity contribution >= 4 is 17.8 Å². The molecule has 3 atom stereocenters. The van der Waals surface area contributed by atoms with Gasteiger partial charge in [-0.1, -0.05) is 34.1 Å². The van der Waals surface area contributed by atoms with Crippen LogP contribution in [0.1, 0.15) is 41.0 Å². The van der Waals surface area contributed by atoms with Gasteiger partial charge in [0.25, 0.3) is 0 Å². The summed E-state index contributed by atoms with van der Waals surface area (Å²) >= 11 is 0. The lowest BCUT2D eigenvalue weighted by atomic mass is 9.97. The summed E-state index contributed by atoms with van der Waals surface area (Å²) in [5, 5.41) is 14.2. The summed E-state index contributed by atoms with van der Waals surface area (Å²) in [5.74, 6) is -2.13. The van der Waals surface area contributed by atoms with Gasteiger partial charge in [0.05, 0.1) is 0 Å². The summed E-state index contributed by atoms with van der Waals surface area (Å²) in [4.78, 5) is 34.3. The number of hydrogen-bond donors (Lipinski definition) is 3. The molecule has 6 heteroatoms. The second-order valence-corrected chi connectivity index (χ2v) is 5.13. The van der Waals surface area contributed by atoms with Crippen LogP contribution in [0.25, 0.3) is 0 Å². The third kappa shape index (κ3) is 5.72. The molecule has 0 saturated heterocycles. The molecule has 0 aromatic carbocycles. The molecule has 0 saturated carbocycles. The van der Waals surface area contributed by atoms with Gasteiger partial charge in [0, 0.05) is 6.92 Å². The Morgan fingerprint density at radius 1 is 1.05 bits per heavy atom. The van der Waals surface area contributed by atoms with Gasteiger partial charge >= 0.3 is 5.97 Å². The van der Waals surface area contributed by atoms with Crippen LogP contribution >= 0.6 is 0 Å². The Hall–Kier alpha value is -1.59. The van der Waals surface area contributed by atoms with Crippen LogP contribution in [0.15, 0.2) is 0 Å². The molecule has 0 spiro atoms. The van der Waals surface area contributed by atoms with E-state index in [2.05, 4.69) is 10.6 Å². The number of amides is 2. The number of carboxylic acid groups (broad SMARTS) is 1. The van der Waals surface area contributed by atoms with E-state index >= 15 is 0 Å². The Kier molecular flexibility index (Phi) is 7.11. The van der Waals surface area contributed by atoms with Gasteiger partial charge in [-0.05, 0) is 11.8 Å². The minimum absolute atomic E-state index is 0.115. The van der Waals surface area contributed by atoms with Gasteiger partial charge in [0.2, 0.25) is 11.8 Å². The van der Waals surface area contributed by atoms with Crippen molar-refractivity contribution in [2.75, 3.05) is 0 Å².